The maximum absolute atomic E-state index is 5.99. The minimum Gasteiger partial charge on any atom is -0.489 e. The molecule has 122 valence electrons. The van der Waals surface area contributed by atoms with E-state index in [-0.39, 0.29) is 0 Å². The van der Waals surface area contributed by atoms with Crippen LogP contribution < -0.4 is 4.74 Å². The van der Waals surface area contributed by atoms with Gasteiger partial charge in [-0.15, -0.1) is 0 Å². The van der Waals surface area contributed by atoms with Gasteiger partial charge in [-0.1, -0.05) is 24.3 Å². The minimum absolute atomic E-state index is 0.564. The number of nitrogens with zero attached hydrogens (tertiary/aromatic N) is 2. The minimum atomic E-state index is 0.564. The lowest BCUT2D eigenvalue weighted by Crippen LogP contribution is -2.36. The monoisotopic (exact) mass is 312 g/mol. The van der Waals surface area contributed by atoms with Gasteiger partial charge in [0.05, 0.1) is 13.2 Å². The summed E-state index contributed by atoms with van der Waals surface area (Å²) in [5.74, 6) is 0.985. The van der Waals surface area contributed by atoms with E-state index in [2.05, 4.69) is 28.1 Å². The summed E-state index contributed by atoms with van der Waals surface area (Å²) >= 11 is 0. The largest absolute Gasteiger partial charge is 0.489 e. The van der Waals surface area contributed by atoms with Crippen LogP contribution in [-0.2, 0) is 17.8 Å². The highest BCUT2D eigenvalue weighted by atomic mass is 16.5. The van der Waals surface area contributed by atoms with Crippen molar-refractivity contribution in [2.24, 2.45) is 0 Å². The van der Waals surface area contributed by atoms with Crippen LogP contribution >= 0.6 is 0 Å². The summed E-state index contributed by atoms with van der Waals surface area (Å²) in [6.07, 6.45) is 5.82. The molecule has 0 atom stereocenters. The van der Waals surface area contributed by atoms with Crippen molar-refractivity contribution >= 4 is 0 Å². The second-order valence-electron chi connectivity index (χ2n) is 5.82. The molecule has 2 aromatic rings. The molecule has 0 unspecified atom stereocenters. The Morgan fingerprint density at radius 2 is 1.96 bits per heavy atom. The number of hydrogen-bond donors (Lipinski definition) is 0. The van der Waals surface area contributed by atoms with Crippen molar-refractivity contribution in [2.45, 2.75) is 19.4 Å². The first-order valence-electron chi connectivity index (χ1n) is 8.31. The Bertz CT molecular complexity index is 583. The number of pyridine rings is 1. The third kappa shape index (κ3) is 5.05. The van der Waals surface area contributed by atoms with Gasteiger partial charge in [0.2, 0.25) is 0 Å². The molecule has 0 saturated carbocycles. The van der Waals surface area contributed by atoms with E-state index in [0.29, 0.717) is 6.61 Å². The first kappa shape index (κ1) is 16.0. The molecule has 1 aliphatic rings. The summed E-state index contributed by atoms with van der Waals surface area (Å²) in [6.45, 7) is 5.53. The molecule has 0 spiro atoms. The quantitative estimate of drug-likeness (QED) is 0.787. The van der Waals surface area contributed by atoms with Crippen LogP contribution in [0.5, 0.6) is 5.75 Å². The first-order valence-corrected chi connectivity index (χ1v) is 8.31. The molecule has 4 nitrogen and oxygen atoms in total. The van der Waals surface area contributed by atoms with Crippen LogP contribution in [0.15, 0.2) is 48.8 Å². The molecule has 23 heavy (non-hydrogen) atoms. The lowest BCUT2D eigenvalue weighted by Gasteiger charge is -2.26. The van der Waals surface area contributed by atoms with E-state index in [9.17, 15) is 0 Å². The van der Waals surface area contributed by atoms with E-state index in [4.69, 9.17) is 9.47 Å². The van der Waals surface area contributed by atoms with Crippen molar-refractivity contribution in [3.8, 4) is 5.75 Å². The Morgan fingerprint density at radius 3 is 2.78 bits per heavy atom. The maximum Gasteiger partial charge on any atom is 0.122 e. The second kappa shape index (κ2) is 8.65. The van der Waals surface area contributed by atoms with E-state index >= 15 is 0 Å². The molecular formula is C19H24N2O2. The zero-order valence-electron chi connectivity index (χ0n) is 13.5. The summed E-state index contributed by atoms with van der Waals surface area (Å²) in [5, 5.41) is 0. The smallest absolute Gasteiger partial charge is 0.122 e. The van der Waals surface area contributed by atoms with Gasteiger partial charge in [0.1, 0.15) is 12.4 Å². The third-order valence-corrected chi connectivity index (χ3v) is 4.11. The average Bonchev–Trinajstić information content (AvgIpc) is 2.63. The highest BCUT2D eigenvalue weighted by molar-refractivity contribution is 5.33. The van der Waals surface area contributed by atoms with E-state index in [1.807, 2.05) is 24.4 Å². The molecule has 0 aliphatic carbocycles. The molecule has 1 aliphatic heterocycles. The van der Waals surface area contributed by atoms with Gasteiger partial charge in [0, 0.05) is 31.0 Å². The summed E-state index contributed by atoms with van der Waals surface area (Å²) < 4.78 is 11.4. The predicted octanol–water partition coefficient (Wildman–Crippen LogP) is 2.93. The van der Waals surface area contributed by atoms with Crippen LogP contribution in [0.25, 0.3) is 0 Å². The van der Waals surface area contributed by atoms with Gasteiger partial charge in [0.25, 0.3) is 0 Å². The molecule has 3 rings (SSSR count). The first-order chi connectivity index (χ1) is 11.4. The van der Waals surface area contributed by atoms with Crippen molar-refractivity contribution in [3.05, 3.63) is 59.9 Å². The Balaban J connectivity index is 1.50. The number of ether oxygens (including phenoxy) is 2. The van der Waals surface area contributed by atoms with E-state index in [1.165, 1.54) is 5.56 Å². The molecule has 1 fully saturated rings. The number of morpholine rings is 1. The van der Waals surface area contributed by atoms with Gasteiger partial charge < -0.3 is 9.47 Å². The van der Waals surface area contributed by atoms with E-state index in [0.717, 1.165) is 57.0 Å². The molecule has 4 heteroatoms. The third-order valence-electron chi connectivity index (χ3n) is 4.11. The summed E-state index contributed by atoms with van der Waals surface area (Å²) in [6, 6.07) is 12.3. The van der Waals surface area contributed by atoms with Crippen LogP contribution in [0.2, 0.25) is 0 Å². The van der Waals surface area contributed by atoms with Gasteiger partial charge >= 0.3 is 0 Å². The maximum atomic E-state index is 5.99. The zero-order chi connectivity index (χ0) is 15.7. The van der Waals surface area contributed by atoms with E-state index in [1.54, 1.807) is 6.20 Å². The molecule has 0 radical (unpaired) electrons. The topological polar surface area (TPSA) is 34.6 Å². The number of benzene rings is 1. The molecule has 1 aromatic heterocycles. The number of aryl methyl sites for hydroxylation is 1. The van der Waals surface area contributed by atoms with Crippen LogP contribution in [0, 0.1) is 0 Å². The molecule has 1 aromatic carbocycles. The molecule has 2 heterocycles. The van der Waals surface area contributed by atoms with Gasteiger partial charge in [-0.3, -0.25) is 9.88 Å². The number of hydrogen-bond acceptors (Lipinski definition) is 4. The van der Waals surface area contributed by atoms with Crippen LogP contribution in [0.4, 0.5) is 0 Å². The molecule has 0 amide bonds. The number of rotatable bonds is 7. The number of para-hydroxylation sites is 1. The van der Waals surface area contributed by atoms with Gasteiger partial charge in [-0.2, -0.15) is 0 Å². The highest BCUT2D eigenvalue weighted by Gasteiger charge is 2.10. The molecule has 0 N–H and O–H groups in total. The molecule has 0 bridgehead atoms. The van der Waals surface area contributed by atoms with Crippen molar-refractivity contribution in [1.82, 2.24) is 9.88 Å². The predicted molar refractivity (Wildman–Crippen MR) is 90.6 cm³/mol. The SMILES string of the molecule is c1cncc(COc2ccccc2CCCN2CCOCC2)c1. The lowest BCUT2D eigenvalue weighted by molar-refractivity contribution is 0.0374. The molecule has 1 saturated heterocycles. The van der Waals surface area contributed by atoms with Gasteiger partial charge in [0.15, 0.2) is 0 Å². The fraction of sp³-hybridized carbons (Fsp3) is 0.421. The van der Waals surface area contributed by atoms with Crippen LogP contribution in [0.3, 0.4) is 0 Å². The summed E-state index contributed by atoms with van der Waals surface area (Å²) in [4.78, 5) is 6.60. The van der Waals surface area contributed by atoms with Gasteiger partial charge in [-0.05, 0) is 37.1 Å². The Morgan fingerprint density at radius 1 is 1.09 bits per heavy atom. The van der Waals surface area contributed by atoms with Crippen molar-refractivity contribution in [2.75, 3.05) is 32.8 Å². The Hall–Kier alpha value is -1.91. The van der Waals surface area contributed by atoms with Crippen molar-refractivity contribution < 1.29 is 9.47 Å². The summed E-state index contributed by atoms with van der Waals surface area (Å²) in [7, 11) is 0. The summed E-state index contributed by atoms with van der Waals surface area (Å²) in [5.41, 5.74) is 2.38. The highest BCUT2D eigenvalue weighted by Crippen LogP contribution is 2.21. The van der Waals surface area contributed by atoms with Crippen LogP contribution in [-0.4, -0.2) is 42.7 Å². The standard InChI is InChI=1S/C19H24N2O2/c1-2-8-19(23-16-17-5-3-9-20-15-17)18(6-1)7-4-10-21-11-13-22-14-12-21/h1-3,5-6,8-9,15H,4,7,10-14,16H2. The second-order valence-corrected chi connectivity index (χ2v) is 5.82. The zero-order valence-corrected chi connectivity index (χ0v) is 13.5. The fourth-order valence-electron chi connectivity index (χ4n) is 2.81. The number of aromatic nitrogens is 1. The van der Waals surface area contributed by atoms with Crippen molar-refractivity contribution in [1.29, 1.82) is 0 Å². The van der Waals surface area contributed by atoms with Crippen molar-refractivity contribution in [3.63, 3.8) is 0 Å². The lowest BCUT2D eigenvalue weighted by atomic mass is 10.1. The van der Waals surface area contributed by atoms with E-state index < -0.39 is 0 Å². The normalized spacial score (nSPS) is 15.5. The Kier molecular flexibility index (Phi) is 6.01. The molecular weight excluding hydrogens is 288 g/mol. The van der Waals surface area contributed by atoms with Gasteiger partial charge in [-0.25, -0.2) is 0 Å². The average molecular weight is 312 g/mol. The van der Waals surface area contributed by atoms with Crippen LogP contribution in [0.1, 0.15) is 17.5 Å². The Labute approximate surface area is 138 Å². The fourth-order valence-corrected chi connectivity index (χ4v) is 2.81.